The van der Waals surface area contributed by atoms with Gasteiger partial charge in [-0.3, -0.25) is 4.79 Å². The molecule has 0 saturated carbocycles. The van der Waals surface area contributed by atoms with Gasteiger partial charge in [-0.05, 0) is 43.1 Å². The molecule has 2 aliphatic rings. The van der Waals surface area contributed by atoms with E-state index >= 15 is 0 Å². The van der Waals surface area contributed by atoms with Gasteiger partial charge in [0, 0.05) is 43.8 Å². The van der Waals surface area contributed by atoms with Crippen molar-refractivity contribution in [3.63, 3.8) is 0 Å². The lowest BCUT2D eigenvalue weighted by molar-refractivity contribution is -0.135. The lowest BCUT2D eigenvalue weighted by atomic mass is 9.94. The fraction of sp³-hybridized carbons (Fsp3) is 0.565. The number of carbonyl (C=O) groups excluding carboxylic acids is 1. The Kier molecular flexibility index (Phi) is 5.44. The molecule has 8 nitrogen and oxygen atoms in total. The number of amides is 1. The summed E-state index contributed by atoms with van der Waals surface area (Å²) >= 11 is 0. The summed E-state index contributed by atoms with van der Waals surface area (Å²) in [6, 6.07) is 5.01. The summed E-state index contributed by atoms with van der Waals surface area (Å²) in [6.07, 6.45) is 1.88. The van der Waals surface area contributed by atoms with E-state index in [0.29, 0.717) is 17.3 Å². The van der Waals surface area contributed by atoms with Gasteiger partial charge in [-0.2, -0.15) is 14.8 Å². The predicted molar refractivity (Wildman–Crippen MR) is 117 cm³/mol. The number of halogens is 1. The number of hydrogen-bond donors (Lipinski definition) is 0. The van der Waals surface area contributed by atoms with Crippen molar-refractivity contribution in [1.82, 2.24) is 29.7 Å². The Balaban J connectivity index is 1.27. The molecule has 0 spiro atoms. The third kappa shape index (κ3) is 3.79. The number of piperidine rings is 1. The number of carbonyl (C=O) groups is 1. The third-order valence-corrected chi connectivity index (χ3v) is 6.71. The Morgan fingerprint density at radius 2 is 2.00 bits per heavy atom. The van der Waals surface area contributed by atoms with Crippen molar-refractivity contribution in [2.75, 3.05) is 32.7 Å². The van der Waals surface area contributed by atoms with Crippen molar-refractivity contribution in [2.24, 2.45) is 5.92 Å². The van der Waals surface area contributed by atoms with Crippen LogP contribution in [0, 0.1) is 11.7 Å². The molecule has 0 aliphatic carbocycles. The first kappa shape index (κ1) is 21.1. The van der Waals surface area contributed by atoms with Crippen LogP contribution in [-0.4, -0.2) is 68.4 Å². The first-order chi connectivity index (χ1) is 15.4. The molecule has 2 fully saturated rings. The van der Waals surface area contributed by atoms with Gasteiger partial charge in [-0.15, -0.1) is 0 Å². The number of nitrogens with zero attached hydrogens (tertiary/aromatic N) is 6. The van der Waals surface area contributed by atoms with Crippen molar-refractivity contribution in [3.8, 4) is 5.95 Å². The van der Waals surface area contributed by atoms with Crippen molar-refractivity contribution in [2.45, 2.75) is 45.4 Å². The highest BCUT2D eigenvalue weighted by atomic mass is 19.1. The van der Waals surface area contributed by atoms with Crippen LogP contribution >= 0.6 is 0 Å². The normalized spacial score (nSPS) is 18.6. The van der Waals surface area contributed by atoms with Gasteiger partial charge in [0.1, 0.15) is 11.3 Å². The quantitative estimate of drug-likeness (QED) is 0.606. The van der Waals surface area contributed by atoms with Crippen molar-refractivity contribution < 1.29 is 13.7 Å². The minimum Gasteiger partial charge on any atom is -0.342 e. The van der Waals surface area contributed by atoms with Crippen molar-refractivity contribution >= 4 is 16.8 Å². The van der Waals surface area contributed by atoms with Gasteiger partial charge in [0.2, 0.25) is 11.8 Å². The molecule has 1 aromatic carbocycles. The standard InChI is InChI=1S/C23H29FN6O2/c1-14(2)20-18-5-4-6-19(24)21(18)30(26-20)23-25-22(32-27-23)17-7-9-28(10-8-17)11-16-12-29(13-16)15(3)31/h4-6,14,16-17H,7-13H2,1-3H3. The lowest BCUT2D eigenvalue weighted by Crippen LogP contribution is -2.53. The highest BCUT2D eigenvalue weighted by Crippen LogP contribution is 2.31. The highest BCUT2D eigenvalue weighted by Gasteiger charge is 2.32. The van der Waals surface area contributed by atoms with Gasteiger partial charge in [-0.1, -0.05) is 26.0 Å². The van der Waals surface area contributed by atoms with Crippen molar-refractivity contribution in [3.05, 3.63) is 35.6 Å². The van der Waals surface area contributed by atoms with Crippen LogP contribution in [0.3, 0.4) is 0 Å². The SMILES string of the molecule is CC(=O)N1CC(CN2CCC(c3nc(-n4nc(C(C)C)c5cccc(F)c54)no3)CC2)C1. The molecule has 1 amide bonds. The average Bonchev–Trinajstić information content (AvgIpc) is 3.36. The molecular formula is C23H29FN6O2. The van der Waals surface area contributed by atoms with Crippen LogP contribution in [0.15, 0.2) is 22.7 Å². The minimum absolute atomic E-state index is 0.148. The molecule has 0 atom stereocenters. The van der Waals surface area contributed by atoms with Crippen LogP contribution in [0.1, 0.15) is 57.0 Å². The molecule has 5 rings (SSSR count). The summed E-state index contributed by atoms with van der Waals surface area (Å²) in [5, 5.41) is 9.53. The van der Waals surface area contributed by atoms with Gasteiger partial charge < -0.3 is 14.3 Å². The van der Waals surface area contributed by atoms with E-state index in [1.165, 1.54) is 10.7 Å². The van der Waals surface area contributed by atoms with Gasteiger partial charge in [0.25, 0.3) is 5.95 Å². The van der Waals surface area contributed by atoms with Crippen molar-refractivity contribution in [1.29, 1.82) is 0 Å². The zero-order valence-corrected chi connectivity index (χ0v) is 18.8. The van der Waals surface area contributed by atoms with Crippen LogP contribution in [0.4, 0.5) is 4.39 Å². The number of aromatic nitrogens is 4. The summed E-state index contributed by atoms with van der Waals surface area (Å²) in [4.78, 5) is 20.3. The average molecular weight is 441 g/mol. The Morgan fingerprint density at radius 1 is 1.25 bits per heavy atom. The first-order valence-electron chi connectivity index (χ1n) is 11.4. The first-order valence-corrected chi connectivity index (χ1v) is 11.4. The predicted octanol–water partition coefficient (Wildman–Crippen LogP) is 3.33. The third-order valence-electron chi connectivity index (χ3n) is 6.71. The fourth-order valence-electron chi connectivity index (χ4n) is 4.87. The number of rotatable bonds is 5. The van der Waals surface area contributed by atoms with Crippen LogP contribution in [-0.2, 0) is 4.79 Å². The molecule has 0 radical (unpaired) electrons. The van der Waals surface area contributed by atoms with E-state index in [4.69, 9.17) is 4.52 Å². The van der Waals surface area contributed by atoms with Gasteiger partial charge >= 0.3 is 0 Å². The lowest BCUT2D eigenvalue weighted by Gasteiger charge is -2.42. The monoisotopic (exact) mass is 440 g/mol. The van der Waals surface area contributed by atoms with E-state index in [1.807, 2.05) is 24.8 Å². The van der Waals surface area contributed by atoms with Crippen LogP contribution in [0.2, 0.25) is 0 Å². The Morgan fingerprint density at radius 3 is 2.69 bits per heavy atom. The number of fused-ring (bicyclic) bond motifs is 1. The van der Waals surface area contributed by atoms with Gasteiger partial charge in [0.15, 0.2) is 0 Å². The molecule has 9 heteroatoms. The molecule has 4 heterocycles. The molecule has 2 saturated heterocycles. The maximum atomic E-state index is 14.6. The second kappa shape index (κ2) is 8.27. The molecule has 3 aromatic rings. The summed E-state index contributed by atoms with van der Waals surface area (Å²) in [5.74, 6) is 1.61. The molecule has 2 aliphatic heterocycles. The topological polar surface area (TPSA) is 80.3 Å². The van der Waals surface area contributed by atoms with Crippen LogP contribution < -0.4 is 0 Å². The van der Waals surface area contributed by atoms with E-state index in [-0.39, 0.29) is 29.5 Å². The summed E-state index contributed by atoms with van der Waals surface area (Å²) in [7, 11) is 0. The van der Waals surface area contributed by atoms with Crippen LogP contribution in [0.5, 0.6) is 0 Å². The van der Waals surface area contributed by atoms with Gasteiger partial charge in [-0.25, -0.2) is 4.39 Å². The number of benzene rings is 1. The molecule has 170 valence electrons. The Hall–Kier alpha value is -2.81. The molecule has 32 heavy (non-hydrogen) atoms. The zero-order chi connectivity index (χ0) is 22.4. The molecule has 0 bridgehead atoms. The van der Waals surface area contributed by atoms with Gasteiger partial charge in [0.05, 0.1) is 5.69 Å². The molecular weight excluding hydrogens is 411 g/mol. The number of likely N-dealkylation sites (tertiary alicyclic amines) is 2. The second-order valence-corrected chi connectivity index (χ2v) is 9.39. The Labute approximate surface area is 186 Å². The van der Waals surface area contributed by atoms with E-state index in [9.17, 15) is 9.18 Å². The maximum Gasteiger partial charge on any atom is 0.291 e. The number of para-hydroxylation sites is 1. The zero-order valence-electron chi connectivity index (χ0n) is 18.8. The maximum absolute atomic E-state index is 14.6. The Bertz CT molecular complexity index is 1120. The van der Waals surface area contributed by atoms with E-state index in [2.05, 4.69) is 20.1 Å². The fourth-order valence-corrected chi connectivity index (χ4v) is 4.87. The smallest absolute Gasteiger partial charge is 0.291 e. The number of hydrogen-bond acceptors (Lipinski definition) is 6. The minimum atomic E-state index is -0.346. The summed E-state index contributed by atoms with van der Waals surface area (Å²) < 4.78 is 21.7. The molecule has 0 unspecified atom stereocenters. The second-order valence-electron chi connectivity index (χ2n) is 9.39. The van der Waals surface area contributed by atoms with E-state index < -0.39 is 0 Å². The molecule has 2 aromatic heterocycles. The van der Waals surface area contributed by atoms with Crippen LogP contribution in [0.25, 0.3) is 16.9 Å². The van der Waals surface area contributed by atoms with E-state index in [1.54, 1.807) is 13.0 Å². The molecule has 0 N–H and O–H groups in total. The largest absolute Gasteiger partial charge is 0.342 e. The summed E-state index contributed by atoms with van der Waals surface area (Å²) in [5.41, 5.74) is 1.21. The highest BCUT2D eigenvalue weighted by molar-refractivity contribution is 5.84. The summed E-state index contributed by atoms with van der Waals surface area (Å²) in [6.45, 7) is 10.4. The van der Waals surface area contributed by atoms with E-state index in [0.717, 1.165) is 56.6 Å².